The molecule has 0 spiro atoms. The molecule has 5 nitrogen and oxygen atoms in total. The second-order valence-corrected chi connectivity index (χ2v) is 6.48. The molecule has 0 bridgehead atoms. The predicted octanol–water partition coefficient (Wildman–Crippen LogP) is -0.396. The first-order chi connectivity index (χ1) is 6.20. The van der Waals surface area contributed by atoms with Crippen molar-refractivity contribution in [2.75, 3.05) is 20.6 Å². The van der Waals surface area contributed by atoms with Crippen molar-refractivity contribution >= 4 is 10.2 Å². The van der Waals surface area contributed by atoms with Crippen LogP contribution in [0.4, 0.5) is 0 Å². The first-order valence-corrected chi connectivity index (χ1v) is 6.06. The van der Waals surface area contributed by atoms with E-state index in [1.54, 1.807) is 0 Å². The molecule has 0 aromatic rings. The Bertz CT molecular complexity index is 311. The number of hydrogen-bond acceptors (Lipinski definition) is 3. The van der Waals surface area contributed by atoms with Gasteiger partial charge >= 0.3 is 0 Å². The maximum atomic E-state index is 11.9. The van der Waals surface area contributed by atoms with Crippen LogP contribution in [0.25, 0.3) is 0 Å². The summed E-state index contributed by atoms with van der Waals surface area (Å²) in [5, 5.41) is 0. The largest absolute Gasteiger partial charge is 0.326 e. The molecular weight excluding hydrogens is 202 g/mol. The molecule has 1 heterocycles. The summed E-state index contributed by atoms with van der Waals surface area (Å²) in [7, 11) is -0.257. The van der Waals surface area contributed by atoms with Crippen LogP contribution in [0.15, 0.2) is 0 Å². The van der Waals surface area contributed by atoms with Crippen LogP contribution in [0.5, 0.6) is 0 Å². The zero-order valence-corrected chi connectivity index (χ0v) is 10.0. The van der Waals surface area contributed by atoms with E-state index < -0.39 is 15.7 Å². The van der Waals surface area contributed by atoms with Crippen LogP contribution in [-0.4, -0.2) is 49.2 Å². The van der Waals surface area contributed by atoms with Crippen LogP contribution in [-0.2, 0) is 10.2 Å². The summed E-state index contributed by atoms with van der Waals surface area (Å²) in [5.74, 6) is 0. The number of nitrogens with two attached hydrogens (primary N) is 1. The van der Waals surface area contributed by atoms with Crippen LogP contribution in [0.2, 0.25) is 0 Å². The number of nitrogens with zero attached hydrogens (tertiary/aromatic N) is 2. The van der Waals surface area contributed by atoms with Gasteiger partial charge in [0.2, 0.25) is 0 Å². The van der Waals surface area contributed by atoms with Crippen molar-refractivity contribution < 1.29 is 8.42 Å². The molecule has 0 amide bonds. The van der Waals surface area contributed by atoms with Crippen molar-refractivity contribution in [3.63, 3.8) is 0 Å². The van der Waals surface area contributed by atoms with Gasteiger partial charge in [0.05, 0.1) is 0 Å². The maximum absolute atomic E-state index is 11.9. The Balaban J connectivity index is 3.02. The highest BCUT2D eigenvalue weighted by molar-refractivity contribution is 7.86. The minimum absolute atomic E-state index is 0.0859. The smallest absolute Gasteiger partial charge is 0.282 e. The SMILES string of the molecule is CN(C)S(=O)(=O)N1CCC(N)C1(C)C. The van der Waals surface area contributed by atoms with E-state index in [1.807, 2.05) is 13.8 Å². The molecule has 1 fully saturated rings. The Labute approximate surface area is 86.0 Å². The lowest BCUT2D eigenvalue weighted by Gasteiger charge is -2.34. The van der Waals surface area contributed by atoms with Crippen LogP contribution < -0.4 is 5.73 Å². The van der Waals surface area contributed by atoms with Crippen LogP contribution in [0.3, 0.4) is 0 Å². The van der Waals surface area contributed by atoms with E-state index in [9.17, 15) is 8.42 Å². The number of rotatable bonds is 2. The average molecular weight is 221 g/mol. The van der Waals surface area contributed by atoms with Crippen molar-refractivity contribution in [3.05, 3.63) is 0 Å². The third kappa shape index (κ3) is 1.67. The fourth-order valence-electron chi connectivity index (χ4n) is 1.69. The Morgan fingerprint density at radius 2 is 1.93 bits per heavy atom. The lowest BCUT2D eigenvalue weighted by molar-refractivity contribution is 0.256. The summed E-state index contributed by atoms with van der Waals surface area (Å²) in [6.07, 6.45) is 0.722. The summed E-state index contributed by atoms with van der Waals surface area (Å²) >= 11 is 0. The van der Waals surface area contributed by atoms with Gasteiger partial charge in [-0.05, 0) is 20.3 Å². The molecule has 1 unspecified atom stereocenters. The van der Waals surface area contributed by atoms with Crippen LogP contribution >= 0.6 is 0 Å². The molecule has 6 heteroatoms. The van der Waals surface area contributed by atoms with Gasteiger partial charge in [-0.15, -0.1) is 0 Å². The summed E-state index contributed by atoms with van der Waals surface area (Å²) in [6.45, 7) is 4.24. The monoisotopic (exact) mass is 221 g/mol. The predicted molar refractivity (Wildman–Crippen MR) is 56.0 cm³/mol. The van der Waals surface area contributed by atoms with Crippen LogP contribution in [0.1, 0.15) is 20.3 Å². The average Bonchev–Trinajstić information content (AvgIpc) is 2.27. The zero-order valence-electron chi connectivity index (χ0n) is 9.19. The molecule has 2 N–H and O–H groups in total. The fourth-order valence-corrected chi connectivity index (χ4v) is 3.15. The normalized spacial score (nSPS) is 28.6. The van der Waals surface area contributed by atoms with Gasteiger partial charge in [-0.2, -0.15) is 17.0 Å². The highest BCUT2D eigenvalue weighted by Crippen LogP contribution is 2.30. The summed E-state index contributed by atoms with van der Waals surface area (Å²) in [5.41, 5.74) is 5.39. The minimum Gasteiger partial charge on any atom is -0.326 e. The molecule has 0 radical (unpaired) electrons. The topological polar surface area (TPSA) is 66.6 Å². The minimum atomic E-state index is -3.33. The third-order valence-electron chi connectivity index (χ3n) is 2.93. The van der Waals surface area contributed by atoms with Gasteiger partial charge in [-0.25, -0.2) is 0 Å². The lowest BCUT2D eigenvalue weighted by Crippen LogP contribution is -2.53. The summed E-state index contributed by atoms with van der Waals surface area (Å²) in [4.78, 5) is 0. The van der Waals surface area contributed by atoms with Gasteiger partial charge in [-0.1, -0.05) is 0 Å². The van der Waals surface area contributed by atoms with Gasteiger partial charge in [0.15, 0.2) is 0 Å². The van der Waals surface area contributed by atoms with Gasteiger partial charge < -0.3 is 5.73 Å². The first-order valence-electron chi connectivity index (χ1n) is 4.66. The highest BCUT2D eigenvalue weighted by Gasteiger charge is 2.46. The van der Waals surface area contributed by atoms with Gasteiger partial charge in [0.25, 0.3) is 10.2 Å². The Kier molecular flexibility index (Phi) is 2.93. The molecule has 1 saturated heterocycles. The molecule has 0 aromatic carbocycles. The Hall–Kier alpha value is -0.170. The van der Waals surface area contributed by atoms with E-state index in [2.05, 4.69) is 0 Å². The molecule has 0 aromatic heterocycles. The van der Waals surface area contributed by atoms with E-state index in [0.717, 1.165) is 6.42 Å². The Morgan fingerprint density at radius 3 is 2.21 bits per heavy atom. The third-order valence-corrected chi connectivity index (χ3v) is 5.07. The molecular formula is C8H19N3O2S. The fraction of sp³-hybridized carbons (Fsp3) is 1.00. The summed E-state index contributed by atoms with van der Waals surface area (Å²) < 4.78 is 26.5. The summed E-state index contributed by atoms with van der Waals surface area (Å²) in [6, 6.07) is -0.0859. The van der Waals surface area contributed by atoms with E-state index >= 15 is 0 Å². The maximum Gasteiger partial charge on any atom is 0.282 e. The van der Waals surface area contributed by atoms with Gasteiger partial charge in [-0.3, -0.25) is 0 Å². The quantitative estimate of drug-likeness (QED) is 0.690. The van der Waals surface area contributed by atoms with Crippen molar-refractivity contribution in [2.45, 2.75) is 31.8 Å². The number of hydrogen-bond donors (Lipinski definition) is 1. The van der Waals surface area contributed by atoms with Gasteiger partial charge in [0, 0.05) is 32.2 Å². The van der Waals surface area contributed by atoms with Crippen molar-refractivity contribution in [1.29, 1.82) is 0 Å². The van der Waals surface area contributed by atoms with Crippen molar-refractivity contribution in [1.82, 2.24) is 8.61 Å². The molecule has 0 saturated carbocycles. The molecule has 1 aliphatic heterocycles. The molecule has 1 aliphatic rings. The highest BCUT2D eigenvalue weighted by atomic mass is 32.2. The van der Waals surface area contributed by atoms with Crippen molar-refractivity contribution in [3.8, 4) is 0 Å². The van der Waals surface area contributed by atoms with Crippen molar-refractivity contribution in [2.24, 2.45) is 5.73 Å². The second kappa shape index (κ2) is 3.44. The van der Waals surface area contributed by atoms with Crippen LogP contribution in [0, 0.1) is 0 Å². The Morgan fingerprint density at radius 1 is 1.43 bits per heavy atom. The lowest BCUT2D eigenvalue weighted by atomic mass is 9.98. The first kappa shape index (κ1) is 11.9. The molecule has 1 rings (SSSR count). The zero-order chi connectivity index (χ0) is 11.1. The molecule has 0 aliphatic carbocycles. The second-order valence-electron chi connectivity index (χ2n) is 4.41. The molecule has 84 valence electrons. The van der Waals surface area contributed by atoms with E-state index in [-0.39, 0.29) is 6.04 Å². The molecule has 1 atom stereocenters. The standard InChI is InChI=1S/C8H19N3O2S/c1-8(2)7(9)5-6-11(8)14(12,13)10(3)4/h7H,5-6,9H2,1-4H3. The van der Waals surface area contributed by atoms with E-state index in [0.29, 0.717) is 6.54 Å². The van der Waals surface area contributed by atoms with E-state index in [4.69, 9.17) is 5.73 Å². The van der Waals surface area contributed by atoms with E-state index in [1.165, 1.54) is 22.7 Å². The van der Waals surface area contributed by atoms with Gasteiger partial charge in [0.1, 0.15) is 0 Å². The molecule has 14 heavy (non-hydrogen) atoms.